The van der Waals surface area contributed by atoms with Crippen LogP contribution in [0.3, 0.4) is 0 Å². The maximum absolute atomic E-state index is 12.9. The Bertz CT molecular complexity index is 1150. The average Bonchev–Trinajstić information content (AvgIpc) is 3.49. The molecular formula is C20H17F3N6O2S. The van der Waals surface area contributed by atoms with Gasteiger partial charge in [0.25, 0.3) is 5.91 Å². The Kier molecular flexibility index (Phi) is 6.12. The van der Waals surface area contributed by atoms with Crippen molar-refractivity contribution in [2.24, 2.45) is 0 Å². The van der Waals surface area contributed by atoms with E-state index in [1.54, 1.807) is 16.8 Å². The van der Waals surface area contributed by atoms with Crippen molar-refractivity contribution in [1.82, 2.24) is 20.2 Å². The van der Waals surface area contributed by atoms with Crippen LogP contribution in [0.15, 0.2) is 53.7 Å². The number of carbonyl (C=O) groups excluding carboxylic acids is 2. The van der Waals surface area contributed by atoms with Gasteiger partial charge in [-0.25, -0.2) is 4.68 Å². The van der Waals surface area contributed by atoms with Crippen molar-refractivity contribution in [3.05, 3.63) is 59.7 Å². The van der Waals surface area contributed by atoms with Crippen LogP contribution in [0.1, 0.15) is 34.8 Å². The summed E-state index contributed by atoms with van der Waals surface area (Å²) >= 11 is 1.21. The van der Waals surface area contributed by atoms with E-state index >= 15 is 0 Å². The minimum absolute atomic E-state index is 0.0176. The summed E-state index contributed by atoms with van der Waals surface area (Å²) < 4.78 is 40.3. The maximum Gasteiger partial charge on any atom is 0.416 e. The van der Waals surface area contributed by atoms with Gasteiger partial charge in [-0.15, -0.1) is 5.10 Å². The predicted molar refractivity (Wildman–Crippen MR) is 111 cm³/mol. The molecule has 1 fully saturated rings. The van der Waals surface area contributed by atoms with Gasteiger partial charge in [0.2, 0.25) is 11.1 Å². The third-order valence-corrected chi connectivity index (χ3v) is 5.48. The van der Waals surface area contributed by atoms with Crippen LogP contribution in [0.5, 0.6) is 0 Å². The number of nitrogens with zero attached hydrogens (tertiary/aromatic N) is 4. The summed E-state index contributed by atoms with van der Waals surface area (Å²) in [6, 6.07) is 10.8. The van der Waals surface area contributed by atoms with Crippen LogP contribution in [-0.4, -0.2) is 37.8 Å². The molecule has 0 spiro atoms. The van der Waals surface area contributed by atoms with Gasteiger partial charge >= 0.3 is 6.18 Å². The van der Waals surface area contributed by atoms with Gasteiger partial charge in [-0.3, -0.25) is 9.59 Å². The number of aromatic nitrogens is 4. The van der Waals surface area contributed by atoms with Gasteiger partial charge in [0.15, 0.2) is 0 Å². The van der Waals surface area contributed by atoms with Gasteiger partial charge in [0, 0.05) is 16.9 Å². The molecular weight excluding hydrogens is 445 g/mol. The molecule has 3 aromatic rings. The molecule has 1 aliphatic carbocycles. The smallest absolute Gasteiger partial charge is 0.325 e. The molecule has 2 amide bonds. The molecule has 2 N–H and O–H groups in total. The third-order valence-electron chi connectivity index (χ3n) is 4.54. The lowest BCUT2D eigenvalue weighted by atomic mass is 10.1. The highest BCUT2D eigenvalue weighted by Crippen LogP contribution is 2.36. The number of hydrogen-bond donors (Lipinski definition) is 2. The van der Waals surface area contributed by atoms with E-state index in [1.165, 1.54) is 36.0 Å². The molecule has 1 aromatic heterocycles. The summed E-state index contributed by atoms with van der Waals surface area (Å²) in [5.74, 6) is -0.831. The summed E-state index contributed by atoms with van der Waals surface area (Å²) in [4.78, 5) is 24.8. The minimum atomic E-state index is -4.51. The van der Waals surface area contributed by atoms with Crippen LogP contribution in [0.2, 0.25) is 0 Å². The second-order valence-corrected chi connectivity index (χ2v) is 8.03. The van der Waals surface area contributed by atoms with Crippen molar-refractivity contribution in [3.63, 3.8) is 0 Å². The van der Waals surface area contributed by atoms with Crippen LogP contribution in [0, 0.1) is 0 Å². The molecule has 1 saturated carbocycles. The van der Waals surface area contributed by atoms with Crippen LogP contribution in [-0.2, 0) is 11.0 Å². The van der Waals surface area contributed by atoms with Gasteiger partial charge in [-0.05, 0) is 59.7 Å². The first-order valence-corrected chi connectivity index (χ1v) is 10.6. The Morgan fingerprint density at radius 1 is 1.06 bits per heavy atom. The molecule has 32 heavy (non-hydrogen) atoms. The number of halogens is 3. The molecule has 1 aliphatic rings. The molecule has 8 nitrogen and oxygen atoms in total. The predicted octanol–water partition coefficient (Wildman–Crippen LogP) is 4.01. The van der Waals surface area contributed by atoms with Crippen molar-refractivity contribution in [1.29, 1.82) is 0 Å². The topological polar surface area (TPSA) is 102 Å². The van der Waals surface area contributed by atoms with E-state index in [9.17, 15) is 22.8 Å². The van der Waals surface area contributed by atoms with Crippen LogP contribution >= 0.6 is 11.8 Å². The average molecular weight is 462 g/mol. The van der Waals surface area contributed by atoms with Gasteiger partial charge in [-0.2, -0.15) is 13.2 Å². The molecule has 0 unspecified atom stereocenters. The quantitative estimate of drug-likeness (QED) is 0.515. The van der Waals surface area contributed by atoms with Gasteiger partial charge < -0.3 is 10.6 Å². The number of rotatable bonds is 7. The van der Waals surface area contributed by atoms with E-state index in [0.717, 1.165) is 25.0 Å². The molecule has 166 valence electrons. The van der Waals surface area contributed by atoms with E-state index in [1.807, 2.05) is 0 Å². The number of carbonyl (C=O) groups is 2. The molecule has 0 bridgehead atoms. The third kappa shape index (κ3) is 5.44. The molecule has 2 aromatic carbocycles. The zero-order valence-corrected chi connectivity index (χ0v) is 17.3. The maximum atomic E-state index is 12.9. The first-order valence-electron chi connectivity index (χ1n) is 9.59. The lowest BCUT2D eigenvalue weighted by Crippen LogP contribution is -2.16. The second-order valence-electron chi connectivity index (χ2n) is 7.09. The zero-order valence-electron chi connectivity index (χ0n) is 16.5. The fourth-order valence-corrected chi connectivity index (χ4v) is 3.62. The molecule has 1 heterocycles. The van der Waals surface area contributed by atoms with Crippen LogP contribution < -0.4 is 10.6 Å². The number of anilines is 2. The lowest BCUT2D eigenvalue weighted by Gasteiger charge is -2.11. The minimum Gasteiger partial charge on any atom is -0.325 e. The van der Waals surface area contributed by atoms with Crippen molar-refractivity contribution < 1.29 is 22.8 Å². The van der Waals surface area contributed by atoms with Crippen LogP contribution in [0.25, 0.3) is 0 Å². The molecule has 4 rings (SSSR count). The molecule has 0 radical (unpaired) electrons. The first-order chi connectivity index (χ1) is 15.3. The highest BCUT2D eigenvalue weighted by Gasteiger charge is 2.30. The van der Waals surface area contributed by atoms with E-state index in [-0.39, 0.29) is 22.9 Å². The summed E-state index contributed by atoms with van der Waals surface area (Å²) in [6.07, 6.45) is -2.48. The fraction of sp³-hybridized carbons (Fsp3) is 0.250. The van der Waals surface area contributed by atoms with E-state index in [0.29, 0.717) is 16.9 Å². The van der Waals surface area contributed by atoms with Crippen molar-refractivity contribution in [2.45, 2.75) is 30.2 Å². The SMILES string of the molecule is O=C(CSc1nnnn1C1CC1)Nc1cccc(C(=O)Nc2cccc(C(F)(F)F)c2)c1. The number of tetrazole rings is 1. The van der Waals surface area contributed by atoms with Crippen molar-refractivity contribution in [3.8, 4) is 0 Å². The second kappa shape index (κ2) is 8.99. The number of amides is 2. The Labute approximate surface area is 184 Å². The van der Waals surface area contributed by atoms with Crippen molar-refractivity contribution in [2.75, 3.05) is 16.4 Å². The fourth-order valence-electron chi connectivity index (χ4n) is 2.87. The molecule has 0 saturated heterocycles. The number of nitrogens with one attached hydrogen (secondary N) is 2. The van der Waals surface area contributed by atoms with Crippen molar-refractivity contribution >= 4 is 35.0 Å². The molecule has 0 atom stereocenters. The highest BCUT2D eigenvalue weighted by atomic mass is 32.2. The first kappa shape index (κ1) is 21.8. The summed E-state index contributed by atoms with van der Waals surface area (Å²) in [7, 11) is 0. The van der Waals surface area contributed by atoms with Gasteiger partial charge in [-0.1, -0.05) is 23.9 Å². The number of hydrogen-bond acceptors (Lipinski definition) is 6. The summed E-state index contributed by atoms with van der Waals surface area (Å²) in [5, 5.41) is 17.2. The largest absolute Gasteiger partial charge is 0.416 e. The monoisotopic (exact) mass is 462 g/mol. The number of benzene rings is 2. The number of alkyl halides is 3. The Morgan fingerprint density at radius 3 is 2.50 bits per heavy atom. The molecule has 0 aliphatic heterocycles. The Morgan fingerprint density at radius 2 is 1.78 bits per heavy atom. The van der Waals surface area contributed by atoms with E-state index < -0.39 is 17.6 Å². The van der Waals surface area contributed by atoms with Crippen LogP contribution in [0.4, 0.5) is 24.5 Å². The lowest BCUT2D eigenvalue weighted by molar-refractivity contribution is -0.137. The Balaban J connectivity index is 1.36. The zero-order chi connectivity index (χ0) is 22.7. The van der Waals surface area contributed by atoms with E-state index in [2.05, 4.69) is 26.2 Å². The van der Waals surface area contributed by atoms with Gasteiger partial charge in [0.1, 0.15) is 0 Å². The highest BCUT2D eigenvalue weighted by molar-refractivity contribution is 7.99. The summed E-state index contributed by atoms with van der Waals surface area (Å²) in [5.41, 5.74) is -0.273. The summed E-state index contributed by atoms with van der Waals surface area (Å²) in [6.45, 7) is 0. The Hall–Kier alpha value is -3.41. The normalized spacial score (nSPS) is 13.6. The van der Waals surface area contributed by atoms with E-state index in [4.69, 9.17) is 0 Å². The molecule has 12 heteroatoms. The van der Waals surface area contributed by atoms with Gasteiger partial charge in [0.05, 0.1) is 17.4 Å². The standard InChI is InChI=1S/C20H17F3N6O2S/c21-20(22,23)13-4-2-6-15(10-13)25-18(31)12-3-1-5-14(9-12)24-17(30)11-32-19-26-27-28-29(19)16-7-8-16/h1-6,9-10,16H,7-8,11H2,(H,24,30)(H,25,31). The number of thioether (sulfide) groups is 1.